The van der Waals surface area contributed by atoms with Crippen molar-refractivity contribution in [2.45, 2.75) is 127 Å². The van der Waals surface area contributed by atoms with Gasteiger partial charge in [0.15, 0.2) is 52.8 Å². The number of rotatable bonds is 13. The van der Waals surface area contributed by atoms with Gasteiger partial charge in [0.2, 0.25) is 13.6 Å². The van der Waals surface area contributed by atoms with Gasteiger partial charge in [-0.2, -0.15) is 10.5 Å². The van der Waals surface area contributed by atoms with Gasteiger partial charge in [0.1, 0.15) is 30.2 Å². The Balaban J connectivity index is 0.000000161. The first-order chi connectivity index (χ1) is 47.4. The van der Waals surface area contributed by atoms with Crippen molar-refractivity contribution in [2.24, 2.45) is 0 Å². The number of fused-ring (bicyclic) bond motifs is 20. The van der Waals surface area contributed by atoms with E-state index < -0.39 is 30.1 Å². The number of likely N-dealkylation sites (N-methyl/N-ethyl adjacent to an activating group) is 2. The summed E-state index contributed by atoms with van der Waals surface area (Å²) in [6.07, 6.45) is 3.69. The van der Waals surface area contributed by atoms with Gasteiger partial charge in [0.25, 0.3) is 17.7 Å². The number of imide groups is 1. The SMILES string of the molecule is C=CCOc1c(C)c2c(c3c1CC1[C@H]4c5c(cc(C)c(OC)c5OCOC)C[C@@H](C(C#N)N1[C@H]3CN1C(=O)c3ccccc3C1=O)N4C)OCO2.COc1c(C)cc2c(c1O)[C@@H]1C3Cc4c(OC(C)=O)c(C)c5c(c4[C@H](CN4Cc6ccccc6C4=O)N3C(C#N)[C@H](C2)N1C)OCO5. The number of hydrogen-bond donors (Lipinski definition) is 1. The molecule has 0 spiro atoms. The maximum atomic E-state index is 13.9. The summed E-state index contributed by atoms with van der Waals surface area (Å²) in [5.41, 5.74) is 12.6. The summed E-state index contributed by atoms with van der Waals surface area (Å²) in [5.74, 6) is 3.72. The monoisotopic (exact) mass is 1330 g/mol. The van der Waals surface area contributed by atoms with E-state index in [1.807, 2.05) is 63.9 Å². The molecule has 1 N–H and O–H groups in total. The topological polar surface area (TPSA) is 248 Å². The largest absolute Gasteiger partial charge is 0.504 e. The molecule has 23 nitrogen and oxygen atoms in total. The maximum Gasteiger partial charge on any atom is 0.308 e. The van der Waals surface area contributed by atoms with Crippen LogP contribution in [0, 0.1) is 50.4 Å². The molecule has 0 saturated carbocycles. The molecule has 0 aliphatic carbocycles. The fourth-order valence-electron chi connectivity index (χ4n) is 18.1. The number of aromatic hydroxyl groups is 1. The van der Waals surface area contributed by atoms with Crippen LogP contribution in [0.15, 0.2) is 73.3 Å². The summed E-state index contributed by atoms with van der Waals surface area (Å²) in [4.78, 5) is 66.3. The van der Waals surface area contributed by atoms with Crippen LogP contribution < -0.4 is 42.6 Å². The standard InChI is InChI=1S/C39H40N4O8.C36H36N4O7/c1-7-12-48-34-21(3)35-37(51-19-50-35)31-25(34)15-27-32-30-22(13-20(2)33(47-6)36(30)49-18-46-5)14-26(41(32)4)28(16-40)43(27)29(31)17-42-38(44)23-10-8-9-11-24(23)39(42)45;1-17-10-21-11-24-26(13-37)40-25(30(38(24)4)28(21)31(42)32(17)44-5)12-23-29(35-34(45-16-46-35)18(2)33(23)47-19(3)41)27(40)15-39-14-20-8-6-7-9-22(20)36(39)43/h7-11,13,26-29,32H,1,12,14-15,17-19H2,2-6H3;6-10,24-27,30,42H,11-12,14-16H2,1-5H3/t26-,27?,28?,29-,32-;24-,25?,26?,27-,30-/m00/s1. The van der Waals surface area contributed by atoms with Crippen LogP contribution in [0.3, 0.4) is 0 Å². The smallest absolute Gasteiger partial charge is 0.308 e. The Kier molecular flexibility index (Phi) is 16.1. The second-order valence-electron chi connectivity index (χ2n) is 26.8. The summed E-state index contributed by atoms with van der Waals surface area (Å²) in [6.45, 7) is 13.9. The summed E-state index contributed by atoms with van der Waals surface area (Å²) in [5, 5.41) is 33.7. The Morgan fingerprint density at radius 1 is 0.612 bits per heavy atom. The van der Waals surface area contributed by atoms with Crippen molar-refractivity contribution in [3.05, 3.63) is 162 Å². The van der Waals surface area contributed by atoms with Gasteiger partial charge in [-0.15, -0.1) is 0 Å². The number of ether oxygens (including phenoxy) is 10. The van der Waals surface area contributed by atoms with Gasteiger partial charge in [-0.3, -0.25) is 43.7 Å². The van der Waals surface area contributed by atoms with E-state index in [0.29, 0.717) is 106 Å². The Labute approximate surface area is 567 Å². The average molecular weight is 1330 g/mol. The number of aryl methyl sites for hydroxylation is 2. The summed E-state index contributed by atoms with van der Waals surface area (Å²) in [7, 11) is 8.83. The minimum absolute atomic E-state index is 0.00590. The van der Waals surface area contributed by atoms with E-state index in [1.165, 1.54) is 11.8 Å². The number of phenolic OH excluding ortho intramolecular Hbond substituents is 1. The summed E-state index contributed by atoms with van der Waals surface area (Å²) < 4.78 is 60.0. The lowest BCUT2D eigenvalue weighted by Gasteiger charge is -2.60. The number of carbonyl (C=O) groups is 4. The molecule has 6 aromatic carbocycles. The molecule has 10 aliphatic heterocycles. The van der Waals surface area contributed by atoms with E-state index in [2.05, 4.69) is 57.5 Å². The molecular formula is C75H76N8O15. The van der Waals surface area contributed by atoms with Gasteiger partial charge in [-0.05, 0) is 113 Å². The third kappa shape index (κ3) is 9.51. The highest BCUT2D eigenvalue weighted by Crippen LogP contribution is 2.62. The lowest BCUT2D eigenvalue weighted by atomic mass is 9.71. The van der Waals surface area contributed by atoms with Crippen molar-refractivity contribution < 1.29 is 71.7 Å². The molecule has 4 unspecified atom stereocenters. The first-order valence-corrected chi connectivity index (χ1v) is 33.0. The number of hydrogen-bond acceptors (Lipinski definition) is 21. The Morgan fingerprint density at radius 3 is 1.66 bits per heavy atom. The number of carbonyl (C=O) groups excluding carboxylic acids is 4. The maximum absolute atomic E-state index is 13.9. The predicted octanol–water partition coefficient (Wildman–Crippen LogP) is 8.75. The highest BCUT2D eigenvalue weighted by atomic mass is 16.7. The predicted molar refractivity (Wildman–Crippen MR) is 353 cm³/mol. The van der Waals surface area contributed by atoms with Crippen molar-refractivity contribution in [1.82, 2.24) is 29.4 Å². The second kappa shape index (κ2) is 24.6. The molecule has 16 rings (SSSR count). The van der Waals surface area contributed by atoms with Gasteiger partial charge in [-0.25, -0.2) is 0 Å². The number of methoxy groups -OCH3 is 3. The van der Waals surface area contributed by atoms with E-state index in [9.17, 15) is 34.8 Å². The average Bonchev–Trinajstić information content (AvgIpc) is 1.16. The lowest BCUT2D eigenvalue weighted by Crippen LogP contribution is -2.69. The molecule has 0 aromatic heterocycles. The van der Waals surface area contributed by atoms with E-state index in [4.69, 9.17) is 47.4 Å². The van der Waals surface area contributed by atoms with Crippen molar-refractivity contribution >= 4 is 23.7 Å². The van der Waals surface area contributed by atoms with Gasteiger partial charge < -0.3 is 57.4 Å². The number of nitriles is 2. The molecule has 0 radical (unpaired) electrons. The van der Waals surface area contributed by atoms with Crippen molar-refractivity contribution in [2.75, 3.05) is 75.5 Å². The molecule has 23 heteroatoms. The van der Waals surface area contributed by atoms with Crippen LogP contribution >= 0.6 is 0 Å². The molecule has 98 heavy (non-hydrogen) atoms. The Hall–Kier alpha value is -9.88. The Morgan fingerprint density at radius 2 is 1.12 bits per heavy atom. The summed E-state index contributed by atoms with van der Waals surface area (Å²) in [6, 6.07) is 20.0. The molecular weight excluding hydrogens is 1250 g/mol. The van der Waals surface area contributed by atoms with E-state index >= 15 is 0 Å². The molecule has 10 aliphatic rings. The number of benzene rings is 6. The number of amides is 3. The van der Waals surface area contributed by atoms with Crippen LogP contribution in [0.25, 0.3) is 0 Å². The van der Waals surface area contributed by atoms with Crippen LogP contribution in [0.1, 0.15) is 134 Å². The zero-order valence-corrected chi connectivity index (χ0v) is 56.4. The molecule has 2 fully saturated rings. The van der Waals surface area contributed by atoms with E-state index in [0.717, 1.165) is 66.8 Å². The number of piperazine rings is 2. The number of phenols is 1. The van der Waals surface area contributed by atoms with E-state index in [1.54, 1.807) is 51.7 Å². The normalized spacial score (nSPS) is 24.8. The fourth-order valence-corrected chi connectivity index (χ4v) is 18.1. The number of nitrogens with zero attached hydrogens (tertiary/aromatic N) is 8. The molecule has 10 heterocycles. The van der Waals surface area contributed by atoms with Crippen LogP contribution in [0.2, 0.25) is 0 Å². The van der Waals surface area contributed by atoms with Crippen LogP contribution in [0.5, 0.6) is 57.5 Å². The first kappa shape index (κ1) is 64.1. The highest BCUT2D eigenvalue weighted by molar-refractivity contribution is 6.21. The molecule has 3 amide bonds. The molecule has 6 aromatic rings. The molecule has 2 saturated heterocycles. The Bertz CT molecular complexity index is 4470. The van der Waals surface area contributed by atoms with Gasteiger partial charge in [0.05, 0.1) is 61.7 Å². The van der Waals surface area contributed by atoms with Gasteiger partial charge in [-0.1, -0.05) is 55.1 Å². The second-order valence-corrected chi connectivity index (χ2v) is 26.8. The minimum Gasteiger partial charge on any atom is -0.504 e. The molecule has 10 atom stereocenters. The van der Waals surface area contributed by atoms with E-state index in [-0.39, 0.29) is 99.8 Å². The summed E-state index contributed by atoms with van der Waals surface area (Å²) >= 11 is 0. The van der Waals surface area contributed by atoms with Gasteiger partial charge in [0, 0.05) is 108 Å². The first-order valence-electron chi connectivity index (χ1n) is 33.0. The zero-order valence-electron chi connectivity index (χ0n) is 56.4. The minimum atomic E-state index is -0.635. The van der Waals surface area contributed by atoms with Crippen LogP contribution in [-0.2, 0) is 41.8 Å². The van der Waals surface area contributed by atoms with Crippen molar-refractivity contribution in [1.29, 1.82) is 10.5 Å². The van der Waals surface area contributed by atoms with Crippen molar-refractivity contribution in [3.8, 4) is 69.6 Å². The quantitative estimate of drug-likeness (QED) is 0.0373. The fraction of sp³-hybridized carbons (Fsp3) is 0.413. The van der Waals surface area contributed by atoms with Crippen molar-refractivity contribution in [3.63, 3.8) is 0 Å². The third-order valence-electron chi connectivity index (χ3n) is 21.9. The van der Waals surface area contributed by atoms with Crippen LogP contribution in [0.4, 0.5) is 0 Å². The lowest BCUT2D eigenvalue weighted by molar-refractivity contribution is -0.132. The highest BCUT2D eigenvalue weighted by Gasteiger charge is 2.60. The third-order valence-corrected chi connectivity index (χ3v) is 21.9. The molecule has 506 valence electrons. The molecule has 4 bridgehead atoms. The number of esters is 1. The van der Waals surface area contributed by atoms with Crippen LogP contribution in [-0.4, -0.2) is 170 Å². The zero-order chi connectivity index (χ0) is 68.6. The van der Waals surface area contributed by atoms with Gasteiger partial charge >= 0.3 is 5.97 Å².